The maximum Gasteiger partial charge on any atom is 0.0957 e. The van der Waals surface area contributed by atoms with Gasteiger partial charge in [-0.25, -0.2) is 4.98 Å². The van der Waals surface area contributed by atoms with Crippen LogP contribution in [0, 0.1) is 0 Å². The zero-order valence-corrected chi connectivity index (χ0v) is 10.1. The zero-order chi connectivity index (χ0) is 11.0. The minimum Gasteiger partial charge on any atom is -0.388 e. The number of aromatic nitrogens is 1. The normalized spacial score (nSPS) is 29.3. The molecule has 2 aliphatic rings. The van der Waals surface area contributed by atoms with Crippen molar-refractivity contribution in [2.75, 3.05) is 6.61 Å². The van der Waals surface area contributed by atoms with Gasteiger partial charge in [0.25, 0.3) is 0 Å². The number of fused-ring (bicyclic) bond motifs is 1. The molecule has 3 rings (SSSR count). The van der Waals surface area contributed by atoms with Crippen molar-refractivity contribution in [2.24, 2.45) is 0 Å². The van der Waals surface area contributed by atoms with Crippen molar-refractivity contribution in [2.45, 2.75) is 50.7 Å². The summed E-state index contributed by atoms with van der Waals surface area (Å²) in [5, 5.41) is 11.0. The monoisotopic (exact) mass is 239 g/mol. The van der Waals surface area contributed by atoms with Crippen molar-refractivity contribution in [3.8, 4) is 0 Å². The van der Waals surface area contributed by atoms with Gasteiger partial charge in [-0.15, -0.1) is 11.3 Å². The van der Waals surface area contributed by atoms with E-state index >= 15 is 0 Å². The van der Waals surface area contributed by atoms with E-state index in [2.05, 4.69) is 4.98 Å². The van der Waals surface area contributed by atoms with Gasteiger partial charge in [0, 0.05) is 13.0 Å². The van der Waals surface area contributed by atoms with Gasteiger partial charge in [-0.05, 0) is 32.1 Å². The quantitative estimate of drug-likeness (QED) is 0.860. The van der Waals surface area contributed by atoms with Crippen LogP contribution in [0.2, 0.25) is 0 Å². The number of aryl methyl sites for hydroxylation is 1. The highest BCUT2D eigenvalue weighted by Gasteiger charge is 2.24. The van der Waals surface area contributed by atoms with Crippen LogP contribution >= 0.6 is 11.3 Å². The van der Waals surface area contributed by atoms with Crippen LogP contribution in [0.25, 0.3) is 0 Å². The maximum absolute atomic E-state index is 9.87. The van der Waals surface area contributed by atoms with Crippen molar-refractivity contribution in [3.05, 3.63) is 15.6 Å². The van der Waals surface area contributed by atoms with E-state index in [0.717, 1.165) is 54.3 Å². The van der Waals surface area contributed by atoms with Crippen LogP contribution in [-0.4, -0.2) is 22.8 Å². The van der Waals surface area contributed by atoms with Crippen LogP contribution in [0.15, 0.2) is 0 Å². The first-order valence-electron chi connectivity index (χ1n) is 6.11. The Labute approximate surface area is 99.5 Å². The van der Waals surface area contributed by atoms with Gasteiger partial charge in [0.2, 0.25) is 0 Å². The van der Waals surface area contributed by atoms with E-state index < -0.39 is 0 Å². The molecule has 2 unspecified atom stereocenters. The molecule has 3 nitrogen and oxygen atoms in total. The van der Waals surface area contributed by atoms with Gasteiger partial charge in [-0.3, -0.25) is 0 Å². The number of aliphatic hydroxyl groups excluding tert-OH is 1. The van der Waals surface area contributed by atoms with E-state index in [1.54, 1.807) is 11.3 Å². The van der Waals surface area contributed by atoms with Crippen LogP contribution < -0.4 is 0 Å². The third kappa shape index (κ3) is 2.01. The topological polar surface area (TPSA) is 42.4 Å². The minimum absolute atomic E-state index is 0.264. The molecule has 0 radical (unpaired) electrons. The first kappa shape index (κ1) is 10.7. The van der Waals surface area contributed by atoms with Crippen molar-refractivity contribution in [1.82, 2.24) is 4.98 Å². The first-order chi connectivity index (χ1) is 7.83. The number of hydrogen-bond donors (Lipinski definition) is 1. The third-order valence-corrected chi connectivity index (χ3v) is 4.61. The lowest BCUT2D eigenvalue weighted by Crippen LogP contribution is -2.08. The lowest BCUT2D eigenvalue weighted by Gasteiger charge is -2.14. The summed E-state index contributed by atoms with van der Waals surface area (Å²) in [6, 6.07) is 0. The van der Waals surface area contributed by atoms with Crippen molar-refractivity contribution < 1.29 is 9.84 Å². The fraction of sp³-hybridized carbons (Fsp3) is 0.750. The lowest BCUT2D eigenvalue weighted by molar-refractivity contribution is 0.111. The number of aliphatic hydroxyl groups is 1. The highest BCUT2D eigenvalue weighted by molar-refractivity contribution is 7.11. The molecular weight excluding hydrogens is 222 g/mol. The standard InChI is InChI=1S/C12H17NO2S/c14-10-5-1-4-9-12(10)16-11(13-9)7-8-3-2-6-15-8/h8,10,14H,1-7H2. The van der Waals surface area contributed by atoms with E-state index in [1.807, 2.05) is 0 Å². The van der Waals surface area contributed by atoms with Gasteiger partial charge in [-0.1, -0.05) is 0 Å². The predicted molar refractivity (Wildman–Crippen MR) is 62.7 cm³/mol. The Morgan fingerprint density at radius 2 is 2.31 bits per heavy atom. The summed E-state index contributed by atoms with van der Waals surface area (Å²) >= 11 is 1.69. The van der Waals surface area contributed by atoms with E-state index in [9.17, 15) is 5.11 Å². The smallest absolute Gasteiger partial charge is 0.0957 e. The number of rotatable bonds is 2. The molecular formula is C12H17NO2S. The molecule has 0 aromatic carbocycles. The minimum atomic E-state index is -0.264. The van der Waals surface area contributed by atoms with Crippen molar-refractivity contribution in [3.63, 3.8) is 0 Å². The maximum atomic E-state index is 9.87. The molecule has 1 aliphatic heterocycles. The molecule has 1 aromatic heterocycles. The van der Waals surface area contributed by atoms with Gasteiger partial charge in [0.1, 0.15) is 0 Å². The molecule has 0 bridgehead atoms. The first-order valence-corrected chi connectivity index (χ1v) is 6.93. The Bertz CT molecular complexity index is 371. The molecule has 0 saturated carbocycles. The van der Waals surface area contributed by atoms with Gasteiger partial charge < -0.3 is 9.84 Å². The summed E-state index contributed by atoms with van der Waals surface area (Å²) in [6.07, 6.45) is 6.37. The number of thiazole rings is 1. The third-order valence-electron chi connectivity index (χ3n) is 3.39. The Morgan fingerprint density at radius 3 is 3.06 bits per heavy atom. The Hall–Kier alpha value is -0.450. The molecule has 4 heteroatoms. The lowest BCUT2D eigenvalue weighted by atomic mass is 10.0. The molecule has 1 aromatic rings. The fourth-order valence-corrected chi connectivity index (χ4v) is 3.73. The van der Waals surface area contributed by atoms with E-state index in [4.69, 9.17) is 4.74 Å². The fourth-order valence-electron chi connectivity index (χ4n) is 2.54. The zero-order valence-electron chi connectivity index (χ0n) is 9.32. The molecule has 2 atom stereocenters. The summed E-state index contributed by atoms with van der Waals surface area (Å²) in [7, 11) is 0. The number of hydrogen-bond acceptors (Lipinski definition) is 4. The van der Waals surface area contributed by atoms with Crippen molar-refractivity contribution >= 4 is 11.3 Å². The molecule has 1 N–H and O–H groups in total. The second-order valence-corrected chi connectivity index (χ2v) is 5.78. The average Bonchev–Trinajstić information content (AvgIpc) is 2.88. The van der Waals surface area contributed by atoms with Crippen LogP contribution in [-0.2, 0) is 17.6 Å². The SMILES string of the molecule is OC1CCCc2nc(CC3CCCO3)sc21. The molecule has 88 valence electrons. The second-order valence-electron chi connectivity index (χ2n) is 4.67. The summed E-state index contributed by atoms with van der Waals surface area (Å²) < 4.78 is 5.62. The average molecular weight is 239 g/mol. The summed E-state index contributed by atoms with van der Waals surface area (Å²) in [5.74, 6) is 0. The molecule has 1 fully saturated rings. The molecule has 0 spiro atoms. The molecule has 1 aliphatic carbocycles. The Kier molecular flexibility index (Phi) is 2.96. The van der Waals surface area contributed by atoms with E-state index in [1.165, 1.54) is 6.42 Å². The highest BCUT2D eigenvalue weighted by atomic mass is 32.1. The van der Waals surface area contributed by atoms with Crippen LogP contribution in [0.1, 0.15) is 47.4 Å². The number of ether oxygens (including phenoxy) is 1. The van der Waals surface area contributed by atoms with Gasteiger partial charge in [-0.2, -0.15) is 0 Å². The molecule has 0 amide bonds. The van der Waals surface area contributed by atoms with Crippen LogP contribution in [0.3, 0.4) is 0 Å². The van der Waals surface area contributed by atoms with E-state index in [0.29, 0.717) is 6.10 Å². The van der Waals surface area contributed by atoms with Crippen LogP contribution in [0.5, 0.6) is 0 Å². The Morgan fingerprint density at radius 1 is 1.38 bits per heavy atom. The van der Waals surface area contributed by atoms with E-state index in [-0.39, 0.29) is 6.10 Å². The molecule has 2 heterocycles. The summed E-state index contributed by atoms with van der Waals surface area (Å²) in [6.45, 7) is 0.901. The van der Waals surface area contributed by atoms with Gasteiger partial charge >= 0.3 is 0 Å². The summed E-state index contributed by atoms with van der Waals surface area (Å²) in [4.78, 5) is 5.75. The highest BCUT2D eigenvalue weighted by Crippen LogP contribution is 2.34. The predicted octanol–water partition coefficient (Wildman–Crippen LogP) is 2.23. The van der Waals surface area contributed by atoms with Crippen LogP contribution in [0.4, 0.5) is 0 Å². The molecule has 1 saturated heterocycles. The van der Waals surface area contributed by atoms with Crippen molar-refractivity contribution in [1.29, 1.82) is 0 Å². The largest absolute Gasteiger partial charge is 0.388 e. The van der Waals surface area contributed by atoms with Gasteiger partial charge in [0.15, 0.2) is 0 Å². The molecule has 16 heavy (non-hydrogen) atoms. The van der Waals surface area contributed by atoms with Gasteiger partial charge in [0.05, 0.1) is 27.8 Å². The number of nitrogens with zero attached hydrogens (tertiary/aromatic N) is 1. The Balaban J connectivity index is 1.75. The summed E-state index contributed by atoms with van der Waals surface area (Å²) in [5.41, 5.74) is 1.14. The second kappa shape index (κ2) is 4.43.